The molecular weight excluding hydrogens is 412 g/mol. The van der Waals surface area contributed by atoms with Gasteiger partial charge in [-0.25, -0.2) is 9.97 Å². The monoisotopic (exact) mass is 438 g/mol. The number of halogens is 1. The highest BCUT2D eigenvalue weighted by atomic mass is 35.5. The molecule has 0 amide bonds. The molecule has 2 rings (SSSR count). The molecule has 0 radical (unpaired) electrons. The number of aliphatic hydroxyl groups excluding tert-OH is 3. The van der Waals surface area contributed by atoms with Crippen LogP contribution in [0.3, 0.4) is 0 Å². The minimum absolute atomic E-state index is 0.0314. The Balaban J connectivity index is 1.75. The normalized spacial score (nSPS) is 13.8. The maximum absolute atomic E-state index is 9.57. The highest BCUT2D eigenvalue weighted by molar-refractivity contribution is 6.31. The number of amidine groups is 1. The van der Waals surface area contributed by atoms with Crippen LogP contribution >= 0.6 is 11.6 Å². The minimum atomic E-state index is -1.22. The molecule has 9 N–H and O–H groups in total. The van der Waals surface area contributed by atoms with Gasteiger partial charge in [-0.15, -0.1) is 0 Å². The van der Waals surface area contributed by atoms with E-state index in [0.717, 1.165) is 24.8 Å². The Hall–Kier alpha value is -2.66. The lowest BCUT2D eigenvalue weighted by molar-refractivity contribution is -0.0339. The van der Waals surface area contributed by atoms with Gasteiger partial charge >= 0.3 is 0 Å². The van der Waals surface area contributed by atoms with Crippen molar-refractivity contribution in [1.29, 1.82) is 0 Å². The van der Waals surface area contributed by atoms with E-state index in [4.69, 9.17) is 38.6 Å². The van der Waals surface area contributed by atoms with Gasteiger partial charge in [0.1, 0.15) is 36.1 Å². The van der Waals surface area contributed by atoms with Crippen molar-refractivity contribution in [3.05, 3.63) is 40.7 Å². The zero-order valence-electron chi connectivity index (χ0n) is 16.4. The van der Waals surface area contributed by atoms with Crippen molar-refractivity contribution in [3.8, 4) is 5.75 Å². The number of unbranched alkanes of at least 4 members (excludes halogenated alkanes) is 1. The molecule has 2 aromatic rings. The second kappa shape index (κ2) is 11.5. The molecule has 0 bridgehead atoms. The fourth-order valence-electron chi connectivity index (χ4n) is 2.51. The third-order valence-corrected chi connectivity index (χ3v) is 4.56. The summed E-state index contributed by atoms with van der Waals surface area (Å²) in [6.07, 6.45) is 0.175. The van der Waals surface area contributed by atoms with E-state index < -0.39 is 18.8 Å². The van der Waals surface area contributed by atoms with Crippen LogP contribution in [0, 0.1) is 0 Å². The SMILES string of the molecule is NC(=NCCCCc1ccc(OCC(O)C(O)CO)cc1)c1nc(Cl)c(N)nc1N. The molecule has 1 aromatic heterocycles. The van der Waals surface area contributed by atoms with Gasteiger partial charge in [0.05, 0.1) is 6.61 Å². The van der Waals surface area contributed by atoms with Crippen molar-refractivity contribution in [3.63, 3.8) is 0 Å². The van der Waals surface area contributed by atoms with E-state index in [1.807, 2.05) is 12.1 Å². The highest BCUT2D eigenvalue weighted by Crippen LogP contribution is 2.17. The number of ether oxygens (including phenoxy) is 1. The first kappa shape index (κ1) is 23.6. The van der Waals surface area contributed by atoms with Crippen LogP contribution < -0.4 is 21.9 Å². The van der Waals surface area contributed by atoms with E-state index in [2.05, 4.69) is 15.0 Å². The van der Waals surface area contributed by atoms with Crippen LogP contribution in [-0.2, 0) is 6.42 Å². The van der Waals surface area contributed by atoms with Crippen molar-refractivity contribution in [2.24, 2.45) is 10.7 Å². The molecule has 30 heavy (non-hydrogen) atoms. The third-order valence-electron chi connectivity index (χ3n) is 4.28. The van der Waals surface area contributed by atoms with Crippen LogP contribution in [0.15, 0.2) is 29.3 Å². The Morgan fingerprint density at radius 2 is 1.77 bits per heavy atom. The van der Waals surface area contributed by atoms with E-state index in [9.17, 15) is 10.2 Å². The molecule has 0 fully saturated rings. The van der Waals surface area contributed by atoms with Gasteiger partial charge in [-0.05, 0) is 37.0 Å². The van der Waals surface area contributed by atoms with E-state index in [1.165, 1.54) is 0 Å². The van der Waals surface area contributed by atoms with Gasteiger partial charge in [0.25, 0.3) is 0 Å². The average molecular weight is 439 g/mol. The lowest BCUT2D eigenvalue weighted by atomic mass is 10.1. The molecule has 1 heterocycles. The van der Waals surface area contributed by atoms with Gasteiger partial charge in [-0.3, -0.25) is 4.99 Å². The molecule has 0 aliphatic carbocycles. The van der Waals surface area contributed by atoms with Gasteiger partial charge in [0, 0.05) is 6.54 Å². The number of aromatic nitrogens is 2. The number of nitrogen functional groups attached to an aromatic ring is 2. The molecule has 11 heteroatoms. The first-order valence-corrected chi connectivity index (χ1v) is 9.77. The van der Waals surface area contributed by atoms with E-state index >= 15 is 0 Å². The lowest BCUT2D eigenvalue weighted by Gasteiger charge is -2.16. The maximum Gasteiger partial charge on any atom is 0.172 e. The number of aliphatic imine (C=N–C) groups is 1. The van der Waals surface area contributed by atoms with Crippen molar-refractivity contribution in [2.45, 2.75) is 31.5 Å². The van der Waals surface area contributed by atoms with Crippen molar-refractivity contribution in [2.75, 3.05) is 31.2 Å². The second-order valence-electron chi connectivity index (χ2n) is 6.63. The van der Waals surface area contributed by atoms with E-state index in [-0.39, 0.29) is 34.9 Å². The van der Waals surface area contributed by atoms with E-state index in [1.54, 1.807) is 12.1 Å². The summed E-state index contributed by atoms with van der Waals surface area (Å²) in [4.78, 5) is 12.1. The minimum Gasteiger partial charge on any atom is -0.491 e. The Morgan fingerprint density at radius 3 is 2.43 bits per heavy atom. The quantitative estimate of drug-likeness (QED) is 0.161. The summed E-state index contributed by atoms with van der Waals surface area (Å²) in [7, 11) is 0. The maximum atomic E-state index is 9.57. The van der Waals surface area contributed by atoms with Gasteiger partial charge in [-0.1, -0.05) is 23.7 Å². The average Bonchev–Trinajstić information content (AvgIpc) is 2.74. The predicted molar refractivity (Wildman–Crippen MR) is 115 cm³/mol. The Morgan fingerprint density at radius 1 is 1.07 bits per heavy atom. The molecule has 0 saturated carbocycles. The molecule has 0 aliphatic rings. The van der Waals surface area contributed by atoms with Crippen molar-refractivity contribution >= 4 is 29.1 Å². The van der Waals surface area contributed by atoms with Gasteiger partial charge in [-0.2, -0.15) is 0 Å². The summed E-state index contributed by atoms with van der Waals surface area (Å²) in [6.45, 7) is -0.122. The summed E-state index contributed by atoms with van der Waals surface area (Å²) >= 11 is 5.84. The molecule has 10 nitrogen and oxygen atoms in total. The highest BCUT2D eigenvalue weighted by Gasteiger charge is 2.15. The van der Waals surface area contributed by atoms with Crippen molar-refractivity contribution in [1.82, 2.24) is 9.97 Å². The molecule has 1 aromatic carbocycles. The molecule has 0 aliphatic heterocycles. The molecule has 0 saturated heterocycles. The molecule has 164 valence electrons. The van der Waals surface area contributed by atoms with Crippen LogP contribution in [0.4, 0.5) is 11.6 Å². The fourth-order valence-corrected chi connectivity index (χ4v) is 2.64. The molecular formula is C19H27ClN6O4. The number of hydrogen-bond donors (Lipinski definition) is 6. The summed E-state index contributed by atoms with van der Waals surface area (Å²) in [5.41, 5.74) is 18.5. The number of hydrogen-bond acceptors (Lipinski definition) is 9. The van der Waals surface area contributed by atoms with Crippen LogP contribution in [0.25, 0.3) is 0 Å². The molecule has 0 spiro atoms. The smallest absolute Gasteiger partial charge is 0.172 e. The third kappa shape index (κ3) is 6.99. The summed E-state index contributed by atoms with van der Waals surface area (Å²) in [6, 6.07) is 7.43. The number of aryl methyl sites for hydroxylation is 1. The Bertz CT molecular complexity index is 850. The Kier molecular flexibility index (Phi) is 9.06. The number of nitrogens with zero attached hydrogens (tertiary/aromatic N) is 3. The number of nitrogens with two attached hydrogens (primary N) is 3. The van der Waals surface area contributed by atoms with Crippen molar-refractivity contribution < 1.29 is 20.1 Å². The van der Waals surface area contributed by atoms with Crippen LogP contribution in [0.5, 0.6) is 5.75 Å². The van der Waals surface area contributed by atoms with Crippen LogP contribution in [0.1, 0.15) is 24.1 Å². The zero-order valence-corrected chi connectivity index (χ0v) is 17.2. The summed E-state index contributed by atoms with van der Waals surface area (Å²) in [5.74, 6) is 0.859. The summed E-state index contributed by atoms with van der Waals surface area (Å²) in [5, 5.41) is 27.7. The summed E-state index contributed by atoms with van der Waals surface area (Å²) < 4.78 is 5.39. The predicted octanol–water partition coefficient (Wildman–Crippen LogP) is 0.115. The number of anilines is 2. The second-order valence-corrected chi connectivity index (χ2v) is 6.99. The number of rotatable bonds is 11. The Labute approximate surface area is 179 Å². The fraction of sp³-hybridized carbons (Fsp3) is 0.421. The van der Waals surface area contributed by atoms with Gasteiger partial charge in [0.2, 0.25) is 0 Å². The molecule has 2 atom stereocenters. The number of benzene rings is 1. The van der Waals surface area contributed by atoms with Crippen LogP contribution in [0.2, 0.25) is 5.15 Å². The van der Waals surface area contributed by atoms with Gasteiger partial charge < -0.3 is 37.3 Å². The van der Waals surface area contributed by atoms with E-state index in [0.29, 0.717) is 12.3 Å². The first-order valence-electron chi connectivity index (χ1n) is 9.39. The zero-order chi connectivity index (χ0) is 22.1. The molecule has 2 unspecified atom stereocenters. The largest absolute Gasteiger partial charge is 0.491 e. The standard InChI is InChI=1S/C19H27ClN6O4/c20-16-19(23)26-18(22)15(25-16)17(21)24-8-2-1-3-11-4-6-12(7-5-11)30-10-14(29)13(28)9-27/h4-7,13-14,27-29H,1-3,8-10H2,(H2,21,24)(H4,22,23,26). The van der Waals surface area contributed by atoms with Gasteiger partial charge in [0.15, 0.2) is 16.8 Å². The topological polar surface area (TPSA) is 186 Å². The number of aliphatic hydroxyl groups is 3. The van der Waals surface area contributed by atoms with Crippen LogP contribution in [-0.4, -0.2) is 63.1 Å². The first-order chi connectivity index (χ1) is 14.3. The lowest BCUT2D eigenvalue weighted by Crippen LogP contribution is -2.34.